The zero-order valence-corrected chi connectivity index (χ0v) is 12.7. The highest BCUT2D eigenvalue weighted by atomic mass is 32.1. The molecule has 6 nitrogen and oxygen atoms in total. The van der Waals surface area contributed by atoms with Crippen LogP contribution in [0.3, 0.4) is 0 Å². The normalized spacial score (nSPS) is 10.8. The highest BCUT2D eigenvalue weighted by molar-refractivity contribution is 7.09. The van der Waals surface area contributed by atoms with E-state index in [9.17, 15) is 4.79 Å². The second kappa shape index (κ2) is 8.06. The van der Waals surface area contributed by atoms with Crippen LogP contribution in [0.15, 0.2) is 0 Å². The van der Waals surface area contributed by atoms with Gasteiger partial charge in [-0.1, -0.05) is 13.8 Å². The van der Waals surface area contributed by atoms with Crippen molar-refractivity contribution in [2.75, 3.05) is 38.8 Å². The van der Waals surface area contributed by atoms with Gasteiger partial charge in [0.15, 0.2) is 0 Å². The van der Waals surface area contributed by atoms with E-state index in [0.717, 1.165) is 11.0 Å². The summed E-state index contributed by atoms with van der Waals surface area (Å²) < 4.78 is 14.1. The van der Waals surface area contributed by atoms with Crippen LogP contribution in [-0.4, -0.2) is 49.2 Å². The van der Waals surface area contributed by atoms with E-state index in [2.05, 4.69) is 27.9 Å². The molecule has 0 aromatic carbocycles. The van der Waals surface area contributed by atoms with Crippen LogP contribution in [0, 0.1) is 0 Å². The number of aromatic nitrogens is 2. The summed E-state index contributed by atoms with van der Waals surface area (Å²) in [6.45, 7) is 5.93. The maximum Gasteiger partial charge on any atom is 0.307 e. The van der Waals surface area contributed by atoms with E-state index in [-0.39, 0.29) is 5.97 Å². The first-order chi connectivity index (χ1) is 9.08. The van der Waals surface area contributed by atoms with E-state index in [0.29, 0.717) is 32.0 Å². The molecule has 0 aliphatic carbocycles. The molecule has 0 atom stereocenters. The minimum atomic E-state index is -0.226. The van der Waals surface area contributed by atoms with E-state index in [1.165, 1.54) is 18.6 Å². The molecule has 0 aliphatic heterocycles. The molecule has 0 radical (unpaired) electrons. The Hall–Kier alpha value is -1.21. The smallest absolute Gasteiger partial charge is 0.307 e. The number of nitrogens with zero attached hydrogens (tertiary/aromatic N) is 3. The SMILES string of the molecule is COCCN(CCC(=O)OC)c1nc(C(C)C)ns1. The molecule has 1 heterocycles. The first-order valence-electron chi connectivity index (χ1n) is 6.22. The van der Waals surface area contributed by atoms with Crippen molar-refractivity contribution in [3.63, 3.8) is 0 Å². The lowest BCUT2D eigenvalue weighted by molar-refractivity contribution is -0.140. The molecule has 0 saturated heterocycles. The quantitative estimate of drug-likeness (QED) is 0.678. The number of anilines is 1. The fraction of sp³-hybridized carbons (Fsp3) is 0.750. The van der Waals surface area contributed by atoms with E-state index >= 15 is 0 Å². The minimum absolute atomic E-state index is 0.226. The summed E-state index contributed by atoms with van der Waals surface area (Å²) >= 11 is 1.35. The number of hydrogen-bond acceptors (Lipinski definition) is 7. The standard InChI is InChI=1S/C12H21N3O3S/c1-9(2)11-13-12(19-14-11)15(7-8-17-3)6-5-10(16)18-4/h9H,5-8H2,1-4H3. The van der Waals surface area contributed by atoms with Gasteiger partial charge in [-0.25, -0.2) is 4.98 Å². The van der Waals surface area contributed by atoms with Crippen molar-refractivity contribution < 1.29 is 14.3 Å². The minimum Gasteiger partial charge on any atom is -0.469 e. The van der Waals surface area contributed by atoms with Gasteiger partial charge in [0.05, 0.1) is 20.1 Å². The van der Waals surface area contributed by atoms with Crippen LogP contribution in [0.2, 0.25) is 0 Å². The predicted molar refractivity (Wildman–Crippen MR) is 74.7 cm³/mol. The second-order valence-electron chi connectivity index (χ2n) is 4.40. The summed E-state index contributed by atoms with van der Waals surface area (Å²) in [5, 5.41) is 0.824. The lowest BCUT2D eigenvalue weighted by atomic mass is 10.2. The third-order valence-corrected chi connectivity index (χ3v) is 3.39. The maximum atomic E-state index is 11.2. The molecule has 1 aromatic heterocycles. The Kier molecular flexibility index (Phi) is 6.72. The number of ether oxygens (including phenoxy) is 2. The van der Waals surface area contributed by atoms with Crippen molar-refractivity contribution in [1.82, 2.24) is 9.36 Å². The average Bonchev–Trinajstić information content (AvgIpc) is 2.88. The Morgan fingerprint density at radius 2 is 2.11 bits per heavy atom. The van der Waals surface area contributed by atoms with Gasteiger partial charge < -0.3 is 14.4 Å². The van der Waals surface area contributed by atoms with Crippen molar-refractivity contribution >= 4 is 22.6 Å². The van der Waals surface area contributed by atoms with Gasteiger partial charge >= 0.3 is 5.97 Å². The predicted octanol–water partition coefficient (Wildman–Crippen LogP) is 1.68. The van der Waals surface area contributed by atoms with Gasteiger partial charge in [-0.05, 0) is 0 Å². The summed E-state index contributed by atoms with van der Waals surface area (Å²) in [6.07, 6.45) is 0.330. The van der Waals surface area contributed by atoms with Crippen molar-refractivity contribution in [3.05, 3.63) is 5.82 Å². The molecule has 108 valence electrons. The molecule has 0 saturated carbocycles. The summed E-state index contributed by atoms with van der Waals surface area (Å²) in [6, 6.07) is 0. The first-order valence-corrected chi connectivity index (χ1v) is 7.00. The zero-order valence-electron chi connectivity index (χ0n) is 11.9. The number of rotatable bonds is 8. The second-order valence-corrected chi connectivity index (χ2v) is 5.13. The van der Waals surface area contributed by atoms with Gasteiger partial charge in [-0.2, -0.15) is 4.37 Å². The zero-order chi connectivity index (χ0) is 14.3. The van der Waals surface area contributed by atoms with E-state index < -0.39 is 0 Å². The van der Waals surface area contributed by atoms with Crippen molar-refractivity contribution in [2.45, 2.75) is 26.2 Å². The molecule has 0 unspecified atom stereocenters. The molecule has 1 aromatic rings. The fourth-order valence-corrected chi connectivity index (χ4v) is 2.28. The molecule has 0 fully saturated rings. The Morgan fingerprint density at radius 3 is 2.63 bits per heavy atom. The summed E-state index contributed by atoms with van der Waals surface area (Å²) in [5.74, 6) is 0.909. The summed E-state index contributed by atoms with van der Waals surface area (Å²) in [4.78, 5) is 17.7. The Morgan fingerprint density at radius 1 is 1.37 bits per heavy atom. The van der Waals surface area contributed by atoms with Crippen molar-refractivity contribution in [1.29, 1.82) is 0 Å². The Labute approximate surface area is 117 Å². The number of carbonyl (C=O) groups is 1. The van der Waals surface area contributed by atoms with Crippen LogP contribution >= 0.6 is 11.5 Å². The van der Waals surface area contributed by atoms with Gasteiger partial charge in [-0.15, -0.1) is 0 Å². The average molecular weight is 287 g/mol. The van der Waals surface area contributed by atoms with Crippen molar-refractivity contribution in [2.24, 2.45) is 0 Å². The van der Waals surface area contributed by atoms with Crippen LogP contribution in [-0.2, 0) is 14.3 Å². The van der Waals surface area contributed by atoms with Gasteiger partial charge in [0, 0.05) is 37.6 Å². The maximum absolute atomic E-state index is 11.2. The van der Waals surface area contributed by atoms with Crippen LogP contribution < -0.4 is 4.90 Å². The van der Waals surface area contributed by atoms with Gasteiger partial charge in [0.1, 0.15) is 5.82 Å². The Balaban J connectivity index is 2.68. The number of carbonyl (C=O) groups excluding carboxylic acids is 1. The molecule has 0 amide bonds. The van der Waals surface area contributed by atoms with Gasteiger partial charge in [-0.3, -0.25) is 4.79 Å². The molecule has 0 aliphatic rings. The molecule has 19 heavy (non-hydrogen) atoms. The lowest BCUT2D eigenvalue weighted by Crippen LogP contribution is -2.29. The largest absolute Gasteiger partial charge is 0.469 e. The highest BCUT2D eigenvalue weighted by Crippen LogP contribution is 2.21. The first kappa shape index (κ1) is 15.8. The lowest BCUT2D eigenvalue weighted by Gasteiger charge is -2.20. The highest BCUT2D eigenvalue weighted by Gasteiger charge is 2.15. The molecule has 1 rings (SSSR count). The molecule has 0 N–H and O–H groups in total. The van der Waals surface area contributed by atoms with E-state index in [4.69, 9.17) is 4.74 Å². The molecular weight excluding hydrogens is 266 g/mol. The van der Waals surface area contributed by atoms with E-state index in [1.807, 2.05) is 4.90 Å². The third kappa shape index (κ3) is 5.12. The van der Waals surface area contributed by atoms with Crippen LogP contribution in [0.25, 0.3) is 0 Å². The molecule has 0 bridgehead atoms. The van der Waals surface area contributed by atoms with Gasteiger partial charge in [0.2, 0.25) is 5.13 Å². The number of methoxy groups -OCH3 is 2. The van der Waals surface area contributed by atoms with Crippen LogP contribution in [0.1, 0.15) is 32.0 Å². The topological polar surface area (TPSA) is 64.5 Å². The molecule has 7 heteroatoms. The van der Waals surface area contributed by atoms with Crippen LogP contribution in [0.4, 0.5) is 5.13 Å². The van der Waals surface area contributed by atoms with Crippen molar-refractivity contribution in [3.8, 4) is 0 Å². The van der Waals surface area contributed by atoms with Crippen LogP contribution in [0.5, 0.6) is 0 Å². The number of hydrogen-bond donors (Lipinski definition) is 0. The fourth-order valence-electron chi connectivity index (χ4n) is 1.42. The number of esters is 1. The molecule has 0 spiro atoms. The Bertz CT molecular complexity index is 395. The third-order valence-electron chi connectivity index (χ3n) is 2.60. The monoisotopic (exact) mass is 287 g/mol. The summed E-state index contributed by atoms with van der Waals surface area (Å²) in [7, 11) is 3.04. The van der Waals surface area contributed by atoms with Gasteiger partial charge in [0.25, 0.3) is 0 Å². The molecular formula is C12H21N3O3S. The van der Waals surface area contributed by atoms with E-state index in [1.54, 1.807) is 7.11 Å². The summed E-state index contributed by atoms with van der Waals surface area (Å²) in [5.41, 5.74) is 0.